The summed E-state index contributed by atoms with van der Waals surface area (Å²) >= 11 is 0. The quantitative estimate of drug-likeness (QED) is 0.767. The van der Waals surface area contributed by atoms with Crippen molar-refractivity contribution in [2.24, 2.45) is 5.73 Å². The van der Waals surface area contributed by atoms with Crippen LogP contribution >= 0.6 is 0 Å². The van der Waals surface area contributed by atoms with Crippen molar-refractivity contribution in [3.8, 4) is 0 Å². The Morgan fingerprint density at radius 2 is 2.06 bits per heavy atom. The number of nitrogen functional groups attached to an aromatic ring is 1. The van der Waals surface area contributed by atoms with Crippen LogP contribution in [0.2, 0.25) is 0 Å². The Balaban J connectivity index is 3.20. The van der Waals surface area contributed by atoms with Crippen molar-refractivity contribution in [2.75, 3.05) is 17.2 Å². The molecular weight excluding hydrogens is 214 g/mol. The number of rotatable bonds is 5. The van der Waals surface area contributed by atoms with Crippen LogP contribution in [0, 0.1) is 0 Å². The van der Waals surface area contributed by atoms with Crippen molar-refractivity contribution in [2.45, 2.75) is 33.2 Å². The van der Waals surface area contributed by atoms with Crippen molar-refractivity contribution in [1.29, 1.82) is 0 Å². The van der Waals surface area contributed by atoms with Gasteiger partial charge >= 0.3 is 0 Å². The van der Waals surface area contributed by atoms with Crippen molar-refractivity contribution in [1.82, 2.24) is 0 Å². The van der Waals surface area contributed by atoms with Gasteiger partial charge in [-0.2, -0.15) is 0 Å². The third-order valence-corrected chi connectivity index (χ3v) is 2.75. The third kappa shape index (κ3) is 2.90. The molecule has 0 heterocycles. The van der Waals surface area contributed by atoms with E-state index in [-0.39, 0.29) is 0 Å². The molecule has 0 aliphatic carbocycles. The number of anilines is 2. The van der Waals surface area contributed by atoms with E-state index in [1.807, 2.05) is 12.1 Å². The molecule has 0 atom stereocenters. The molecule has 4 nitrogen and oxygen atoms in total. The van der Waals surface area contributed by atoms with Crippen LogP contribution in [-0.4, -0.2) is 18.5 Å². The van der Waals surface area contributed by atoms with E-state index in [0.29, 0.717) is 17.3 Å². The number of hydrogen-bond acceptors (Lipinski definition) is 3. The molecule has 0 aliphatic rings. The van der Waals surface area contributed by atoms with Gasteiger partial charge in [-0.3, -0.25) is 4.79 Å². The zero-order valence-electron chi connectivity index (χ0n) is 10.7. The monoisotopic (exact) mass is 235 g/mol. The Labute approximate surface area is 103 Å². The molecule has 1 amide bonds. The fourth-order valence-corrected chi connectivity index (χ4v) is 1.92. The number of carbonyl (C=O) groups is 1. The second kappa shape index (κ2) is 5.57. The molecule has 1 aromatic rings. The minimum absolute atomic E-state index is 0.334. The largest absolute Gasteiger partial charge is 0.396 e. The van der Waals surface area contributed by atoms with Gasteiger partial charge in [-0.15, -0.1) is 0 Å². The Bertz CT molecular complexity index is 402. The molecule has 1 rings (SSSR count). The van der Waals surface area contributed by atoms with Crippen LogP contribution < -0.4 is 16.4 Å². The summed E-state index contributed by atoms with van der Waals surface area (Å²) in [4.78, 5) is 13.4. The van der Waals surface area contributed by atoms with Crippen molar-refractivity contribution >= 4 is 17.3 Å². The number of para-hydroxylation sites is 1. The molecule has 0 spiro atoms. The normalized spacial score (nSPS) is 10.6. The molecule has 0 saturated carbocycles. The second-order valence-electron chi connectivity index (χ2n) is 4.39. The molecule has 0 radical (unpaired) electrons. The molecule has 0 aromatic heterocycles. The number of primary amides is 1. The lowest BCUT2D eigenvalue weighted by Gasteiger charge is -2.30. The zero-order valence-corrected chi connectivity index (χ0v) is 10.7. The van der Waals surface area contributed by atoms with Crippen LogP contribution in [0.15, 0.2) is 18.2 Å². The van der Waals surface area contributed by atoms with E-state index in [2.05, 4.69) is 25.7 Å². The lowest BCUT2D eigenvalue weighted by Crippen LogP contribution is -2.32. The van der Waals surface area contributed by atoms with E-state index in [1.165, 1.54) is 0 Å². The zero-order chi connectivity index (χ0) is 13.0. The topological polar surface area (TPSA) is 72.3 Å². The van der Waals surface area contributed by atoms with Gasteiger partial charge in [0.15, 0.2) is 0 Å². The first-order valence-electron chi connectivity index (χ1n) is 5.94. The highest BCUT2D eigenvalue weighted by Gasteiger charge is 2.16. The fourth-order valence-electron chi connectivity index (χ4n) is 1.92. The maximum atomic E-state index is 11.2. The number of carbonyl (C=O) groups excluding carboxylic acids is 1. The van der Waals surface area contributed by atoms with Crippen LogP contribution in [0.3, 0.4) is 0 Å². The van der Waals surface area contributed by atoms with Gasteiger partial charge in [0.1, 0.15) is 0 Å². The van der Waals surface area contributed by atoms with E-state index < -0.39 is 5.91 Å². The standard InChI is InChI=1S/C13H21N3O/c1-4-8-16(9(2)3)11-7-5-6-10(12(11)14)13(15)17/h5-7,9H,4,8,14H2,1-3H3,(H2,15,17). The highest BCUT2D eigenvalue weighted by Crippen LogP contribution is 2.28. The first kappa shape index (κ1) is 13.4. The summed E-state index contributed by atoms with van der Waals surface area (Å²) in [5, 5.41) is 0. The maximum absolute atomic E-state index is 11.2. The van der Waals surface area contributed by atoms with Gasteiger partial charge in [-0.1, -0.05) is 13.0 Å². The molecule has 0 bridgehead atoms. The van der Waals surface area contributed by atoms with Gasteiger partial charge in [0, 0.05) is 12.6 Å². The van der Waals surface area contributed by atoms with Crippen molar-refractivity contribution in [3.63, 3.8) is 0 Å². The van der Waals surface area contributed by atoms with E-state index in [4.69, 9.17) is 11.5 Å². The van der Waals surface area contributed by atoms with Crippen LogP contribution in [0.5, 0.6) is 0 Å². The summed E-state index contributed by atoms with van der Waals surface area (Å²) in [6.45, 7) is 7.23. The van der Waals surface area contributed by atoms with Crippen LogP contribution in [0.4, 0.5) is 11.4 Å². The summed E-state index contributed by atoms with van der Waals surface area (Å²) in [5.74, 6) is -0.482. The maximum Gasteiger partial charge on any atom is 0.250 e. The highest BCUT2D eigenvalue weighted by atomic mass is 16.1. The van der Waals surface area contributed by atoms with E-state index in [0.717, 1.165) is 18.7 Å². The molecule has 1 aromatic carbocycles. The van der Waals surface area contributed by atoms with Gasteiger partial charge in [0.05, 0.1) is 16.9 Å². The molecule has 4 N–H and O–H groups in total. The number of benzene rings is 1. The summed E-state index contributed by atoms with van der Waals surface area (Å²) < 4.78 is 0. The lowest BCUT2D eigenvalue weighted by atomic mass is 10.1. The Kier molecular flexibility index (Phi) is 4.37. The second-order valence-corrected chi connectivity index (χ2v) is 4.39. The summed E-state index contributed by atoms with van der Waals surface area (Å²) in [7, 11) is 0. The van der Waals surface area contributed by atoms with Crippen LogP contribution in [-0.2, 0) is 0 Å². The number of amides is 1. The minimum Gasteiger partial charge on any atom is -0.396 e. The van der Waals surface area contributed by atoms with E-state index >= 15 is 0 Å². The lowest BCUT2D eigenvalue weighted by molar-refractivity contribution is 0.100. The first-order valence-corrected chi connectivity index (χ1v) is 5.94. The Hall–Kier alpha value is -1.71. The average Bonchev–Trinajstić information content (AvgIpc) is 2.26. The summed E-state index contributed by atoms with van der Waals surface area (Å²) in [6.07, 6.45) is 1.03. The van der Waals surface area contributed by atoms with Gasteiger partial charge < -0.3 is 16.4 Å². The predicted molar refractivity (Wildman–Crippen MR) is 72.1 cm³/mol. The highest BCUT2D eigenvalue weighted by molar-refractivity contribution is 6.00. The Morgan fingerprint density at radius 1 is 1.41 bits per heavy atom. The van der Waals surface area contributed by atoms with Gasteiger partial charge in [0.2, 0.25) is 0 Å². The van der Waals surface area contributed by atoms with Gasteiger partial charge in [-0.05, 0) is 32.4 Å². The number of nitrogens with two attached hydrogens (primary N) is 2. The number of hydrogen-bond donors (Lipinski definition) is 2. The smallest absolute Gasteiger partial charge is 0.250 e. The molecule has 94 valence electrons. The molecular formula is C13H21N3O. The van der Waals surface area contributed by atoms with Gasteiger partial charge in [0.25, 0.3) is 5.91 Å². The van der Waals surface area contributed by atoms with Crippen molar-refractivity contribution in [3.05, 3.63) is 23.8 Å². The molecule has 0 fully saturated rings. The van der Waals surface area contributed by atoms with Crippen LogP contribution in [0.25, 0.3) is 0 Å². The average molecular weight is 235 g/mol. The molecule has 0 aliphatic heterocycles. The third-order valence-electron chi connectivity index (χ3n) is 2.75. The fraction of sp³-hybridized carbons (Fsp3) is 0.462. The predicted octanol–water partition coefficient (Wildman–Crippen LogP) is 1.99. The summed E-state index contributed by atoms with van der Waals surface area (Å²) in [6, 6.07) is 5.74. The first-order chi connectivity index (χ1) is 7.99. The van der Waals surface area contributed by atoms with E-state index in [9.17, 15) is 4.79 Å². The SMILES string of the molecule is CCCN(c1cccc(C(N)=O)c1N)C(C)C. The van der Waals surface area contributed by atoms with Gasteiger partial charge in [-0.25, -0.2) is 0 Å². The molecule has 0 saturated heterocycles. The van der Waals surface area contributed by atoms with Crippen LogP contribution in [0.1, 0.15) is 37.6 Å². The molecule has 0 unspecified atom stereocenters. The minimum atomic E-state index is -0.482. The summed E-state index contributed by atoms with van der Waals surface area (Å²) in [5.41, 5.74) is 13.1. The molecule has 4 heteroatoms. The Morgan fingerprint density at radius 3 is 2.53 bits per heavy atom. The molecule has 17 heavy (non-hydrogen) atoms. The van der Waals surface area contributed by atoms with Crippen molar-refractivity contribution < 1.29 is 4.79 Å². The van der Waals surface area contributed by atoms with E-state index in [1.54, 1.807) is 6.07 Å². The number of nitrogens with zero attached hydrogens (tertiary/aromatic N) is 1.